The molecule has 7 heteroatoms. The van der Waals surface area contributed by atoms with E-state index in [0.717, 1.165) is 12.1 Å². The summed E-state index contributed by atoms with van der Waals surface area (Å²) in [5, 5.41) is 0. The maximum Gasteiger partial charge on any atom is 0.417 e. The molecule has 0 unspecified atom stereocenters. The van der Waals surface area contributed by atoms with E-state index >= 15 is 0 Å². The molecule has 0 heterocycles. The summed E-state index contributed by atoms with van der Waals surface area (Å²) >= 11 is 2.63. The molecule has 16 heavy (non-hydrogen) atoms. The first-order valence-electron chi connectivity index (χ1n) is 3.92. The summed E-state index contributed by atoms with van der Waals surface area (Å²) in [5.41, 5.74) is -1.82. The zero-order valence-corrected chi connectivity index (χ0v) is 9.07. The number of alkyl halides is 5. The van der Waals surface area contributed by atoms with Crippen LogP contribution in [-0.4, -0.2) is 12.2 Å². The number of halogens is 6. The lowest BCUT2D eigenvalue weighted by molar-refractivity contribution is -0.138. The first-order valence-corrected chi connectivity index (χ1v) is 4.72. The zero-order chi connectivity index (χ0) is 12.5. The summed E-state index contributed by atoms with van der Waals surface area (Å²) in [6.07, 6.45) is -8.01. The highest BCUT2D eigenvalue weighted by atomic mass is 79.9. The maximum atomic E-state index is 12.4. The molecule has 88 valence electrons. The highest BCUT2D eigenvalue weighted by molar-refractivity contribution is 9.10. The van der Waals surface area contributed by atoms with Crippen LogP contribution in [0.2, 0.25) is 0 Å². The molecule has 0 bridgehead atoms. The van der Waals surface area contributed by atoms with Crippen molar-refractivity contribution in [3.63, 3.8) is 0 Å². The van der Waals surface area contributed by atoms with Gasteiger partial charge >= 0.3 is 12.6 Å². The molecule has 1 aromatic carbocycles. The van der Waals surface area contributed by atoms with Gasteiger partial charge in [-0.3, -0.25) is 4.79 Å². The fraction of sp³-hybridized carbons (Fsp3) is 0.222. The van der Waals surface area contributed by atoms with Gasteiger partial charge in [0.05, 0.1) is 5.56 Å². The average molecular weight is 303 g/mol. The Bertz CT molecular complexity index is 413. The van der Waals surface area contributed by atoms with E-state index in [0.29, 0.717) is 6.07 Å². The number of rotatable bonds is 2. The van der Waals surface area contributed by atoms with Crippen LogP contribution in [0.5, 0.6) is 0 Å². The quantitative estimate of drug-likeness (QED) is 0.598. The van der Waals surface area contributed by atoms with Crippen molar-refractivity contribution in [2.75, 3.05) is 0 Å². The van der Waals surface area contributed by atoms with Crippen LogP contribution < -0.4 is 0 Å². The lowest BCUT2D eigenvalue weighted by Gasteiger charge is -2.10. The zero-order valence-electron chi connectivity index (χ0n) is 7.49. The van der Waals surface area contributed by atoms with E-state index in [4.69, 9.17) is 0 Å². The number of hydrogen-bond acceptors (Lipinski definition) is 1. The number of carbonyl (C=O) groups is 1. The van der Waals surface area contributed by atoms with Gasteiger partial charge in [-0.15, -0.1) is 0 Å². The van der Waals surface area contributed by atoms with Gasteiger partial charge in [-0.2, -0.15) is 13.2 Å². The molecule has 0 fully saturated rings. The highest BCUT2D eigenvalue weighted by Gasteiger charge is 2.34. The van der Waals surface area contributed by atoms with Crippen molar-refractivity contribution in [3.8, 4) is 0 Å². The van der Waals surface area contributed by atoms with Gasteiger partial charge in [0.15, 0.2) is 0 Å². The predicted molar refractivity (Wildman–Crippen MR) is 49.5 cm³/mol. The molecular weight excluding hydrogens is 299 g/mol. The van der Waals surface area contributed by atoms with Crippen LogP contribution in [0.3, 0.4) is 0 Å². The standard InChI is InChI=1S/C9H4BrF5O/c10-6-2-1-4(7(16)8(11)12)3-5(6)9(13,14)15/h1-3,8H. The van der Waals surface area contributed by atoms with Gasteiger partial charge in [0.1, 0.15) is 0 Å². The van der Waals surface area contributed by atoms with Gasteiger partial charge in [-0.1, -0.05) is 22.0 Å². The molecule has 0 saturated heterocycles. The van der Waals surface area contributed by atoms with Crippen molar-refractivity contribution >= 4 is 21.7 Å². The van der Waals surface area contributed by atoms with Crippen LogP contribution >= 0.6 is 15.9 Å². The van der Waals surface area contributed by atoms with Crippen LogP contribution in [0.1, 0.15) is 15.9 Å². The predicted octanol–water partition coefficient (Wildman–Crippen LogP) is 3.92. The Morgan fingerprint density at radius 2 is 1.81 bits per heavy atom. The molecule has 0 aromatic heterocycles. The minimum absolute atomic E-state index is 0.300. The molecule has 0 spiro atoms. The molecule has 0 radical (unpaired) electrons. The summed E-state index contributed by atoms with van der Waals surface area (Å²) in [5.74, 6) is -1.63. The monoisotopic (exact) mass is 302 g/mol. The van der Waals surface area contributed by atoms with E-state index in [1.54, 1.807) is 0 Å². The van der Waals surface area contributed by atoms with Gasteiger partial charge < -0.3 is 0 Å². The highest BCUT2D eigenvalue weighted by Crippen LogP contribution is 2.35. The van der Waals surface area contributed by atoms with Crippen LogP contribution in [0, 0.1) is 0 Å². The van der Waals surface area contributed by atoms with Crippen molar-refractivity contribution in [1.82, 2.24) is 0 Å². The van der Waals surface area contributed by atoms with Crippen LogP contribution in [0.4, 0.5) is 22.0 Å². The molecule has 1 nitrogen and oxygen atoms in total. The minimum atomic E-state index is -4.70. The van der Waals surface area contributed by atoms with E-state index in [-0.39, 0.29) is 4.47 Å². The molecule has 0 atom stereocenters. The smallest absolute Gasteiger partial charge is 0.288 e. The van der Waals surface area contributed by atoms with Gasteiger partial charge in [0.2, 0.25) is 5.78 Å². The van der Waals surface area contributed by atoms with Gasteiger partial charge in [0, 0.05) is 10.0 Å². The van der Waals surface area contributed by atoms with Crippen molar-refractivity contribution in [1.29, 1.82) is 0 Å². The molecule has 0 amide bonds. The fourth-order valence-electron chi connectivity index (χ4n) is 1.02. The summed E-state index contributed by atoms with van der Waals surface area (Å²) in [7, 11) is 0. The Morgan fingerprint density at radius 3 is 2.25 bits per heavy atom. The summed E-state index contributed by atoms with van der Waals surface area (Å²) in [6.45, 7) is 0. The Hall–Kier alpha value is -0.980. The van der Waals surface area contributed by atoms with Crippen molar-refractivity contribution in [2.24, 2.45) is 0 Å². The molecule has 0 saturated carbocycles. The maximum absolute atomic E-state index is 12.4. The lowest BCUT2D eigenvalue weighted by atomic mass is 10.1. The Balaban J connectivity index is 3.23. The van der Waals surface area contributed by atoms with Gasteiger partial charge in [0.25, 0.3) is 0 Å². The average Bonchev–Trinajstić information content (AvgIpc) is 2.15. The summed E-state index contributed by atoms with van der Waals surface area (Å²) in [6, 6.07) is 2.23. The fourth-order valence-corrected chi connectivity index (χ4v) is 1.49. The molecule has 0 N–H and O–H groups in total. The molecule has 0 aliphatic heterocycles. The first kappa shape index (κ1) is 13.1. The van der Waals surface area contributed by atoms with Crippen molar-refractivity contribution in [3.05, 3.63) is 33.8 Å². The molecule has 0 aliphatic carbocycles. The van der Waals surface area contributed by atoms with Crippen LogP contribution in [0.25, 0.3) is 0 Å². The normalized spacial score (nSPS) is 11.9. The number of benzene rings is 1. The largest absolute Gasteiger partial charge is 0.417 e. The molecular formula is C9H4BrF5O. The van der Waals surface area contributed by atoms with Crippen molar-refractivity contribution in [2.45, 2.75) is 12.6 Å². The van der Waals surface area contributed by atoms with Crippen LogP contribution in [0.15, 0.2) is 22.7 Å². The molecule has 1 aromatic rings. The number of Topliss-reactive ketones (excluding diaryl/α,β-unsaturated/α-hetero) is 1. The second kappa shape index (κ2) is 4.48. The SMILES string of the molecule is O=C(c1ccc(Br)c(C(F)(F)F)c1)C(F)F. The Kier molecular flexibility index (Phi) is 3.67. The van der Waals surface area contributed by atoms with Gasteiger partial charge in [-0.25, -0.2) is 8.78 Å². The second-order valence-corrected chi connectivity index (χ2v) is 3.71. The van der Waals surface area contributed by atoms with Crippen molar-refractivity contribution < 1.29 is 26.7 Å². The van der Waals surface area contributed by atoms with E-state index < -0.39 is 29.5 Å². The van der Waals surface area contributed by atoms with E-state index in [2.05, 4.69) is 15.9 Å². The topological polar surface area (TPSA) is 17.1 Å². The lowest BCUT2D eigenvalue weighted by Crippen LogP contribution is -2.13. The minimum Gasteiger partial charge on any atom is -0.288 e. The molecule has 1 rings (SSSR count). The third-order valence-electron chi connectivity index (χ3n) is 1.75. The summed E-state index contributed by atoms with van der Waals surface area (Å²) in [4.78, 5) is 10.8. The van der Waals surface area contributed by atoms with Crippen LogP contribution in [-0.2, 0) is 6.18 Å². The van der Waals surface area contributed by atoms with E-state index in [1.807, 2.05) is 0 Å². The third kappa shape index (κ3) is 2.78. The second-order valence-electron chi connectivity index (χ2n) is 2.86. The third-order valence-corrected chi connectivity index (χ3v) is 2.45. The number of hydrogen-bond donors (Lipinski definition) is 0. The number of ketones is 1. The first-order chi connectivity index (χ1) is 7.23. The Labute approximate surface area is 95.4 Å². The summed E-state index contributed by atoms with van der Waals surface area (Å²) < 4.78 is 60.8. The number of carbonyl (C=O) groups excluding carboxylic acids is 1. The Morgan fingerprint density at radius 1 is 1.25 bits per heavy atom. The van der Waals surface area contributed by atoms with E-state index in [9.17, 15) is 26.7 Å². The van der Waals surface area contributed by atoms with Gasteiger partial charge in [-0.05, 0) is 12.1 Å². The van der Waals surface area contributed by atoms with E-state index in [1.165, 1.54) is 0 Å². The molecule has 0 aliphatic rings.